The van der Waals surface area contributed by atoms with E-state index in [0.717, 1.165) is 10.5 Å². The van der Waals surface area contributed by atoms with Crippen LogP contribution in [0.2, 0.25) is 0 Å². The predicted octanol–water partition coefficient (Wildman–Crippen LogP) is 4.88. The highest BCUT2D eigenvalue weighted by molar-refractivity contribution is 9.09. The van der Waals surface area contributed by atoms with Crippen molar-refractivity contribution in [2.24, 2.45) is 5.41 Å². The SMILES string of the molecule is CC(C)(C)C(=O)O[C@@H]1[C@@H](OC(=O)CBr)[C@H](Sc2ccccc2)O[C@@H]2COC(c3ccccc3)O[C@@H]12. The number of benzene rings is 2. The monoisotopic (exact) mass is 564 g/mol. The molecule has 2 aromatic carbocycles. The fraction of sp³-hybridized carbons (Fsp3) is 0.462. The topological polar surface area (TPSA) is 80.3 Å². The molecule has 0 N–H and O–H groups in total. The fourth-order valence-electron chi connectivity index (χ4n) is 3.80. The Morgan fingerprint density at radius 2 is 1.63 bits per heavy atom. The molecule has 7 nitrogen and oxygen atoms in total. The quantitative estimate of drug-likeness (QED) is 0.362. The van der Waals surface area contributed by atoms with Crippen molar-refractivity contribution in [2.75, 3.05) is 11.9 Å². The number of fused-ring (bicyclic) bond motifs is 1. The summed E-state index contributed by atoms with van der Waals surface area (Å²) >= 11 is 4.56. The molecular weight excluding hydrogens is 536 g/mol. The molecule has 0 spiro atoms. The second kappa shape index (κ2) is 11.4. The highest BCUT2D eigenvalue weighted by atomic mass is 79.9. The molecule has 2 aliphatic heterocycles. The van der Waals surface area contributed by atoms with Gasteiger partial charge in [-0.25, -0.2) is 0 Å². The molecule has 9 heteroatoms. The Labute approximate surface area is 217 Å². The Morgan fingerprint density at radius 1 is 0.971 bits per heavy atom. The van der Waals surface area contributed by atoms with E-state index in [1.165, 1.54) is 11.8 Å². The van der Waals surface area contributed by atoms with Crippen molar-refractivity contribution in [1.29, 1.82) is 0 Å². The number of carbonyl (C=O) groups excluding carboxylic acids is 2. The Morgan fingerprint density at radius 3 is 2.26 bits per heavy atom. The van der Waals surface area contributed by atoms with Gasteiger partial charge in [0.15, 0.2) is 18.5 Å². The Hall–Kier alpha value is -1.91. The summed E-state index contributed by atoms with van der Waals surface area (Å²) in [6.45, 7) is 5.57. The number of carbonyl (C=O) groups is 2. The number of alkyl halides is 1. The summed E-state index contributed by atoms with van der Waals surface area (Å²) in [4.78, 5) is 26.4. The molecule has 6 atom stereocenters. The zero-order valence-electron chi connectivity index (χ0n) is 19.8. The number of thioether (sulfide) groups is 1. The molecular formula is C26H29BrO7S. The van der Waals surface area contributed by atoms with Gasteiger partial charge in [0.2, 0.25) is 0 Å². The molecule has 2 aliphatic rings. The number of esters is 2. The lowest BCUT2D eigenvalue weighted by Gasteiger charge is -2.48. The molecule has 0 amide bonds. The number of hydrogen-bond donors (Lipinski definition) is 0. The van der Waals surface area contributed by atoms with Crippen LogP contribution in [0, 0.1) is 5.41 Å². The van der Waals surface area contributed by atoms with E-state index < -0.39 is 53.5 Å². The molecule has 1 unspecified atom stereocenters. The third-order valence-electron chi connectivity index (χ3n) is 5.58. The molecule has 2 aromatic rings. The summed E-state index contributed by atoms with van der Waals surface area (Å²) in [7, 11) is 0. The van der Waals surface area contributed by atoms with Gasteiger partial charge in [0.1, 0.15) is 23.0 Å². The maximum atomic E-state index is 13.0. The lowest BCUT2D eigenvalue weighted by molar-refractivity contribution is -0.321. The van der Waals surface area contributed by atoms with Crippen molar-refractivity contribution < 1.29 is 33.3 Å². The van der Waals surface area contributed by atoms with Crippen molar-refractivity contribution in [3.05, 3.63) is 66.2 Å². The zero-order chi connectivity index (χ0) is 25.0. The summed E-state index contributed by atoms with van der Waals surface area (Å²) < 4.78 is 30.5. The lowest BCUT2D eigenvalue weighted by atomic mass is 9.95. The minimum atomic E-state index is -0.896. The van der Waals surface area contributed by atoms with Crippen molar-refractivity contribution >= 4 is 39.6 Å². The predicted molar refractivity (Wildman–Crippen MR) is 134 cm³/mol. The number of halogens is 1. The molecule has 0 aromatic heterocycles. The third kappa shape index (κ3) is 6.46. The molecule has 35 heavy (non-hydrogen) atoms. The van der Waals surface area contributed by atoms with Crippen molar-refractivity contribution in [3.63, 3.8) is 0 Å². The molecule has 2 heterocycles. The van der Waals surface area contributed by atoms with Crippen LogP contribution in [0.3, 0.4) is 0 Å². The van der Waals surface area contributed by atoms with Gasteiger partial charge < -0.3 is 23.7 Å². The summed E-state index contributed by atoms with van der Waals surface area (Å²) in [5.74, 6) is -0.906. The molecule has 0 saturated carbocycles. The highest BCUT2D eigenvalue weighted by Gasteiger charge is 2.54. The highest BCUT2D eigenvalue weighted by Crippen LogP contribution is 2.41. The average Bonchev–Trinajstić information content (AvgIpc) is 2.86. The molecule has 0 bridgehead atoms. The van der Waals surface area contributed by atoms with Gasteiger partial charge in [0, 0.05) is 10.5 Å². The van der Waals surface area contributed by atoms with Crippen LogP contribution in [-0.4, -0.2) is 53.7 Å². The number of hydrogen-bond acceptors (Lipinski definition) is 8. The summed E-state index contributed by atoms with van der Waals surface area (Å²) in [6, 6.07) is 19.2. The minimum absolute atomic E-state index is 0.00311. The van der Waals surface area contributed by atoms with Crippen molar-refractivity contribution in [3.8, 4) is 0 Å². The van der Waals surface area contributed by atoms with Gasteiger partial charge in [-0.15, -0.1) is 0 Å². The summed E-state index contributed by atoms with van der Waals surface area (Å²) in [6.07, 6.45) is -3.66. The molecule has 2 saturated heterocycles. The van der Waals surface area contributed by atoms with E-state index in [0.29, 0.717) is 0 Å². The van der Waals surface area contributed by atoms with E-state index in [2.05, 4.69) is 15.9 Å². The van der Waals surface area contributed by atoms with Crippen LogP contribution in [0.25, 0.3) is 0 Å². The van der Waals surface area contributed by atoms with E-state index in [4.69, 9.17) is 23.7 Å². The maximum absolute atomic E-state index is 13.0. The van der Waals surface area contributed by atoms with Crippen LogP contribution in [0.15, 0.2) is 65.6 Å². The minimum Gasteiger partial charge on any atom is -0.455 e. The van der Waals surface area contributed by atoms with E-state index >= 15 is 0 Å². The van der Waals surface area contributed by atoms with Gasteiger partial charge in [-0.05, 0) is 32.9 Å². The van der Waals surface area contributed by atoms with Gasteiger partial charge in [0.05, 0.1) is 12.0 Å². The Bertz CT molecular complexity index is 998. The first kappa shape index (κ1) is 26.2. The standard InChI is InChI=1S/C26H29BrO7S/c1-26(2,3)25(29)34-21-20-18(15-30-23(33-20)16-10-6-4-7-11-16)31-24(22(21)32-19(28)14-27)35-17-12-8-5-9-13-17/h4-13,18,20-24H,14-15H2,1-3H3/t18-,20-,21+,22-,23?,24+/m1/s1. The lowest BCUT2D eigenvalue weighted by Crippen LogP contribution is -2.63. The molecule has 2 fully saturated rings. The zero-order valence-corrected chi connectivity index (χ0v) is 22.2. The van der Waals surface area contributed by atoms with Gasteiger partial charge in [-0.1, -0.05) is 76.2 Å². The van der Waals surface area contributed by atoms with E-state index in [1.807, 2.05) is 60.7 Å². The smallest absolute Gasteiger partial charge is 0.317 e. The fourth-order valence-corrected chi connectivity index (χ4v) is 5.05. The van der Waals surface area contributed by atoms with Crippen LogP contribution in [-0.2, 0) is 33.3 Å². The first-order chi connectivity index (χ1) is 16.8. The third-order valence-corrected chi connectivity index (χ3v) is 7.20. The number of ether oxygens (including phenoxy) is 5. The van der Waals surface area contributed by atoms with E-state index in [9.17, 15) is 9.59 Å². The molecule has 0 aliphatic carbocycles. The van der Waals surface area contributed by atoms with E-state index in [-0.39, 0.29) is 11.9 Å². The van der Waals surface area contributed by atoms with Gasteiger partial charge in [0.25, 0.3) is 0 Å². The van der Waals surface area contributed by atoms with Crippen LogP contribution < -0.4 is 0 Å². The summed E-state index contributed by atoms with van der Waals surface area (Å²) in [5.41, 5.74) is -0.564. The van der Waals surface area contributed by atoms with Gasteiger partial charge >= 0.3 is 11.9 Å². The van der Waals surface area contributed by atoms with Gasteiger partial charge in [-0.2, -0.15) is 0 Å². The van der Waals surface area contributed by atoms with E-state index in [1.54, 1.807) is 20.8 Å². The first-order valence-corrected chi connectivity index (χ1v) is 13.4. The normalized spacial score (nSPS) is 28.6. The van der Waals surface area contributed by atoms with Gasteiger partial charge in [-0.3, -0.25) is 9.59 Å². The van der Waals surface area contributed by atoms with Crippen LogP contribution in [0.1, 0.15) is 32.6 Å². The Kier molecular flexibility index (Phi) is 8.54. The van der Waals surface area contributed by atoms with Crippen LogP contribution in [0.4, 0.5) is 0 Å². The van der Waals surface area contributed by atoms with Crippen LogP contribution >= 0.6 is 27.7 Å². The molecule has 4 rings (SSSR count). The summed E-state index contributed by atoms with van der Waals surface area (Å²) in [5, 5.41) is -0.00311. The first-order valence-electron chi connectivity index (χ1n) is 11.4. The van der Waals surface area contributed by atoms with Crippen LogP contribution in [0.5, 0.6) is 0 Å². The Balaban J connectivity index is 1.67. The maximum Gasteiger partial charge on any atom is 0.317 e. The van der Waals surface area contributed by atoms with Crippen molar-refractivity contribution in [1.82, 2.24) is 0 Å². The molecule has 0 radical (unpaired) electrons. The second-order valence-electron chi connectivity index (χ2n) is 9.36. The molecule has 188 valence electrons. The number of rotatable bonds is 6. The average molecular weight is 565 g/mol. The van der Waals surface area contributed by atoms with Crippen molar-refractivity contribution in [2.45, 2.75) is 61.8 Å². The largest absolute Gasteiger partial charge is 0.455 e. The second-order valence-corrected chi connectivity index (χ2v) is 11.1.